The predicted molar refractivity (Wildman–Crippen MR) is 82.4 cm³/mol. The van der Waals surface area contributed by atoms with Crippen LogP contribution in [0.4, 0.5) is 11.6 Å². The van der Waals surface area contributed by atoms with Crippen LogP contribution in [-0.2, 0) is 9.84 Å². The maximum Gasteiger partial charge on any atom is 0.182 e. The van der Waals surface area contributed by atoms with E-state index in [1.807, 2.05) is 18.7 Å². The summed E-state index contributed by atoms with van der Waals surface area (Å²) >= 11 is 0. The van der Waals surface area contributed by atoms with Crippen LogP contribution in [0.25, 0.3) is 5.82 Å². The summed E-state index contributed by atoms with van der Waals surface area (Å²) in [4.78, 5) is 6.07. The highest BCUT2D eigenvalue weighted by Crippen LogP contribution is 2.31. The van der Waals surface area contributed by atoms with E-state index in [1.165, 1.54) is 4.68 Å². The molecule has 8 heteroatoms. The van der Waals surface area contributed by atoms with E-state index in [1.54, 1.807) is 24.4 Å². The van der Waals surface area contributed by atoms with Crippen molar-refractivity contribution in [3.8, 4) is 5.82 Å². The summed E-state index contributed by atoms with van der Waals surface area (Å²) in [6.45, 7) is 5.15. The number of rotatable bonds is 5. The van der Waals surface area contributed by atoms with E-state index in [0.717, 1.165) is 6.26 Å². The molecule has 2 aromatic heterocycles. The molecule has 0 aromatic carbocycles. The van der Waals surface area contributed by atoms with E-state index in [-0.39, 0.29) is 10.7 Å². The fourth-order valence-corrected chi connectivity index (χ4v) is 3.11. The molecule has 0 bridgehead atoms. The summed E-state index contributed by atoms with van der Waals surface area (Å²) in [5, 5.41) is 4.36. The zero-order valence-electron chi connectivity index (χ0n) is 12.3. The first-order valence-electron chi connectivity index (χ1n) is 6.65. The summed E-state index contributed by atoms with van der Waals surface area (Å²) in [5.41, 5.74) is 6.02. The second-order valence-electron chi connectivity index (χ2n) is 4.58. The van der Waals surface area contributed by atoms with Crippen molar-refractivity contribution in [3.63, 3.8) is 0 Å². The molecule has 0 fully saturated rings. The molecule has 21 heavy (non-hydrogen) atoms. The molecule has 2 aromatic rings. The molecule has 0 aliphatic heterocycles. The normalized spacial score (nSPS) is 11.6. The van der Waals surface area contributed by atoms with E-state index >= 15 is 0 Å². The highest BCUT2D eigenvalue weighted by molar-refractivity contribution is 7.91. The Balaban J connectivity index is 2.72. The molecule has 0 saturated carbocycles. The SMILES string of the molecule is CCN(CC)c1nn(-c2ccccn2)c(N)c1S(C)(=O)=O. The largest absolute Gasteiger partial charge is 0.382 e. The van der Waals surface area contributed by atoms with Gasteiger partial charge in [-0.1, -0.05) is 6.07 Å². The summed E-state index contributed by atoms with van der Waals surface area (Å²) in [7, 11) is -3.49. The van der Waals surface area contributed by atoms with Gasteiger partial charge in [0.25, 0.3) is 0 Å². The van der Waals surface area contributed by atoms with E-state index in [2.05, 4.69) is 10.1 Å². The Labute approximate surface area is 124 Å². The van der Waals surface area contributed by atoms with Crippen LogP contribution in [-0.4, -0.2) is 42.5 Å². The van der Waals surface area contributed by atoms with Crippen LogP contribution in [0, 0.1) is 0 Å². The molecule has 0 radical (unpaired) electrons. The van der Waals surface area contributed by atoms with E-state index in [0.29, 0.717) is 24.7 Å². The monoisotopic (exact) mass is 309 g/mol. The van der Waals surface area contributed by atoms with Gasteiger partial charge in [-0.05, 0) is 26.0 Å². The first-order chi connectivity index (χ1) is 9.90. The minimum absolute atomic E-state index is 0.0526. The zero-order chi connectivity index (χ0) is 15.6. The van der Waals surface area contributed by atoms with Crippen LogP contribution >= 0.6 is 0 Å². The van der Waals surface area contributed by atoms with Gasteiger partial charge in [0.15, 0.2) is 26.4 Å². The van der Waals surface area contributed by atoms with Gasteiger partial charge in [-0.25, -0.2) is 13.4 Å². The topological polar surface area (TPSA) is 94.1 Å². The summed E-state index contributed by atoms with van der Waals surface area (Å²) in [5.74, 6) is 0.932. The number of nitrogens with zero attached hydrogens (tertiary/aromatic N) is 4. The third-order valence-corrected chi connectivity index (χ3v) is 4.29. The maximum absolute atomic E-state index is 12.1. The van der Waals surface area contributed by atoms with Crippen molar-refractivity contribution in [2.45, 2.75) is 18.7 Å². The molecule has 0 spiro atoms. The number of hydrogen-bond acceptors (Lipinski definition) is 6. The minimum Gasteiger partial charge on any atom is -0.382 e. The van der Waals surface area contributed by atoms with Gasteiger partial charge in [0, 0.05) is 25.5 Å². The number of sulfone groups is 1. The van der Waals surface area contributed by atoms with Crippen LogP contribution in [0.3, 0.4) is 0 Å². The maximum atomic E-state index is 12.1. The molecule has 7 nitrogen and oxygen atoms in total. The summed E-state index contributed by atoms with van der Waals surface area (Å²) in [6, 6.07) is 5.29. The van der Waals surface area contributed by atoms with Crippen molar-refractivity contribution in [2.24, 2.45) is 0 Å². The Kier molecular flexibility index (Phi) is 4.17. The lowest BCUT2D eigenvalue weighted by atomic mass is 10.4. The molecule has 0 aliphatic carbocycles. The number of pyridine rings is 1. The predicted octanol–water partition coefficient (Wildman–Crippen LogP) is 1.10. The highest BCUT2D eigenvalue weighted by atomic mass is 32.2. The lowest BCUT2D eigenvalue weighted by molar-refractivity contribution is 0.602. The average molecular weight is 309 g/mol. The van der Waals surface area contributed by atoms with E-state index in [9.17, 15) is 8.42 Å². The number of anilines is 2. The third-order valence-electron chi connectivity index (χ3n) is 3.16. The molecule has 0 unspecified atom stereocenters. The van der Waals surface area contributed by atoms with Crippen LogP contribution in [0.1, 0.15) is 13.8 Å². The van der Waals surface area contributed by atoms with Gasteiger partial charge in [0.2, 0.25) is 0 Å². The van der Waals surface area contributed by atoms with Gasteiger partial charge in [-0.15, -0.1) is 5.10 Å². The van der Waals surface area contributed by atoms with Crippen LogP contribution in [0.5, 0.6) is 0 Å². The molecular formula is C13H19N5O2S. The molecule has 0 saturated heterocycles. The molecule has 2 heterocycles. The standard InChI is InChI=1S/C13H19N5O2S/c1-4-17(5-2)13-11(21(3,19)20)12(14)18(16-13)10-8-6-7-9-15-10/h6-9H,4-5,14H2,1-3H3. The number of nitrogens with two attached hydrogens (primary N) is 1. The molecular weight excluding hydrogens is 290 g/mol. The minimum atomic E-state index is -3.49. The first kappa shape index (κ1) is 15.3. The van der Waals surface area contributed by atoms with Gasteiger partial charge < -0.3 is 10.6 Å². The van der Waals surface area contributed by atoms with Crippen LogP contribution < -0.4 is 10.6 Å². The molecule has 0 amide bonds. The fourth-order valence-electron chi connectivity index (χ4n) is 2.14. The third kappa shape index (κ3) is 2.85. The van der Waals surface area contributed by atoms with Gasteiger partial charge in [-0.3, -0.25) is 0 Å². The molecule has 0 atom stereocenters. The van der Waals surface area contributed by atoms with E-state index in [4.69, 9.17) is 5.73 Å². The molecule has 0 aliphatic rings. The number of hydrogen-bond donors (Lipinski definition) is 1. The smallest absolute Gasteiger partial charge is 0.182 e. The first-order valence-corrected chi connectivity index (χ1v) is 8.54. The summed E-state index contributed by atoms with van der Waals surface area (Å²) < 4.78 is 25.5. The van der Waals surface area contributed by atoms with Gasteiger partial charge in [-0.2, -0.15) is 4.68 Å². The van der Waals surface area contributed by atoms with E-state index < -0.39 is 9.84 Å². The van der Waals surface area contributed by atoms with Gasteiger partial charge in [0.05, 0.1) is 0 Å². The average Bonchev–Trinajstić information content (AvgIpc) is 2.79. The van der Waals surface area contributed by atoms with Crippen LogP contribution in [0.2, 0.25) is 0 Å². The highest BCUT2D eigenvalue weighted by Gasteiger charge is 2.27. The Hall–Kier alpha value is -2.09. The molecule has 2 N–H and O–H groups in total. The van der Waals surface area contributed by atoms with Crippen molar-refractivity contribution >= 4 is 21.5 Å². The number of nitrogen functional groups attached to an aromatic ring is 1. The van der Waals surface area contributed by atoms with Crippen molar-refractivity contribution < 1.29 is 8.42 Å². The second-order valence-corrected chi connectivity index (χ2v) is 6.53. The van der Waals surface area contributed by atoms with Crippen molar-refractivity contribution in [1.82, 2.24) is 14.8 Å². The fraction of sp³-hybridized carbons (Fsp3) is 0.385. The van der Waals surface area contributed by atoms with Gasteiger partial charge in [0.1, 0.15) is 5.82 Å². The van der Waals surface area contributed by atoms with Crippen molar-refractivity contribution in [1.29, 1.82) is 0 Å². The number of aromatic nitrogens is 3. The van der Waals surface area contributed by atoms with Crippen molar-refractivity contribution in [3.05, 3.63) is 24.4 Å². The second kappa shape index (κ2) is 5.72. The Morgan fingerprint density at radius 2 is 1.95 bits per heavy atom. The van der Waals surface area contributed by atoms with Crippen LogP contribution in [0.15, 0.2) is 29.3 Å². The van der Waals surface area contributed by atoms with Gasteiger partial charge >= 0.3 is 0 Å². The summed E-state index contributed by atoms with van der Waals surface area (Å²) in [6.07, 6.45) is 2.74. The molecule has 114 valence electrons. The Morgan fingerprint density at radius 1 is 1.29 bits per heavy atom. The molecule has 2 rings (SSSR count). The quantitative estimate of drug-likeness (QED) is 0.889. The van der Waals surface area contributed by atoms with Crippen molar-refractivity contribution in [2.75, 3.05) is 30.0 Å². The Morgan fingerprint density at radius 3 is 2.43 bits per heavy atom. The zero-order valence-corrected chi connectivity index (χ0v) is 13.1. The lowest BCUT2D eigenvalue weighted by Gasteiger charge is -2.18. The Bertz CT molecular complexity index is 721. The lowest BCUT2D eigenvalue weighted by Crippen LogP contribution is -2.24.